The molecule has 0 radical (unpaired) electrons. The van der Waals surface area contributed by atoms with E-state index < -0.39 is 10.8 Å². The number of rotatable bonds is 6. The van der Waals surface area contributed by atoms with E-state index in [0.29, 0.717) is 0 Å². The van der Waals surface area contributed by atoms with Crippen LogP contribution in [0.1, 0.15) is 140 Å². The van der Waals surface area contributed by atoms with Gasteiger partial charge in [-0.25, -0.2) is 0 Å². The lowest BCUT2D eigenvalue weighted by Gasteiger charge is -2.31. The van der Waals surface area contributed by atoms with Crippen LogP contribution in [0.5, 0.6) is 0 Å². The van der Waals surface area contributed by atoms with Gasteiger partial charge in [0.1, 0.15) is 46.1 Å². The first-order chi connectivity index (χ1) is 18.2. The summed E-state index contributed by atoms with van der Waals surface area (Å²) in [7, 11) is 0. The summed E-state index contributed by atoms with van der Waals surface area (Å²) in [6.45, 7) is 17.7. The van der Waals surface area contributed by atoms with Crippen LogP contribution < -0.4 is 0 Å². The molecule has 0 atom stereocenters. The quantitative estimate of drug-likeness (QED) is 0.256. The van der Waals surface area contributed by atoms with Gasteiger partial charge in [-0.15, -0.1) is 0 Å². The molecule has 0 aliphatic carbocycles. The lowest BCUT2D eigenvalue weighted by atomic mass is 9.77. The second-order valence-corrected chi connectivity index (χ2v) is 11.6. The molecule has 4 nitrogen and oxygen atoms in total. The molecule has 0 saturated heterocycles. The molecule has 1 aliphatic heterocycles. The van der Waals surface area contributed by atoms with Crippen LogP contribution in [0.4, 0.5) is 0 Å². The third-order valence-corrected chi connectivity index (χ3v) is 10.3. The van der Waals surface area contributed by atoms with Crippen LogP contribution in [-0.4, -0.2) is 0 Å². The van der Waals surface area contributed by atoms with Crippen LogP contribution in [-0.2, 0) is 21.7 Å². The summed E-state index contributed by atoms with van der Waals surface area (Å²) in [5.74, 6) is 7.52. The molecule has 0 fully saturated rings. The Morgan fingerprint density at radius 2 is 0.579 bits per heavy atom. The van der Waals surface area contributed by atoms with Crippen LogP contribution in [0.15, 0.2) is 66.2 Å². The molecule has 38 heavy (non-hydrogen) atoms. The van der Waals surface area contributed by atoms with E-state index in [4.69, 9.17) is 17.7 Å². The summed E-state index contributed by atoms with van der Waals surface area (Å²) in [6, 6.07) is 17.2. The molecule has 4 heteroatoms. The molecule has 5 heterocycles. The van der Waals surface area contributed by atoms with Crippen molar-refractivity contribution in [2.45, 2.75) is 116 Å². The number of hydrogen-bond donors (Lipinski definition) is 0. The predicted molar refractivity (Wildman–Crippen MR) is 151 cm³/mol. The molecule has 0 aromatic carbocycles. The molecule has 4 aromatic heterocycles. The largest absolute Gasteiger partial charge is 0.464 e. The molecule has 0 spiro atoms. The van der Waals surface area contributed by atoms with E-state index in [1.807, 2.05) is 0 Å². The lowest BCUT2D eigenvalue weighted by Crippen LogP contribution is -2.27. The SMILES string of the molecule is CCC1(C)c2ccc(o2)C(CC)(CC)c2ccc(o2)C(C)(CC)c2ccc(o2)C(CC)(CC)c2ccc1o2. The zero-order chi connectivity index (χ0) is 27.3. The Bertz CT molecular complexity index is 1190. The number of hydrogen-bond acceptors (Lipinski definition) is 4. The third kappa shape index (κ3) is 3.48. The van der Waals surface area contributed by atoms with E-state index in [-0.39, 0.29) is 10.8 Å². The maximum atomic E-state index is 6.79. The van der Waals surface area contributed by atoms with Crippen LogP contribution in [0.3, 0.4) is 0 Å². The van der Waals surface area contributed by atoms with E-state index in [1.165, 1.54) is 0 Å². The maximum absolute atomic E-state index is 6.79. The molecular weight excluding hydrogens is 472 g/mol. The van der Waals surface area contributed by atoms with E-state index in [1.54, 1.807) is 0 Å². The summed E-state index contributed by atoms with van der Waals surface area (Å²) in [6.07, 6.45) is 5.21. The summed E-state index contributed by atoms with van der Waals surface area (Å²) in [5, 5.41) is 0. The van der Waals surface area contributed by atoms with Gasteiger partial charge in [0.25, 0.3) is 0 Å². The molecule has 0 amide bonds. The van der Waals surface area contributed by atoms with Gasteiger partial charge in [0.15, 0.2) is 0 Å². The Hall–Kier alpha value is -2.88. The first kappa shape index (κ1) is 26.7. The molecule has 1 aliphatic rings. The lowest BCUT2D eigenvalue weighted by molar-refractivity contribution is 0.233. The number of furan rings is 4. The molecule has 0 unspecified atom stereocenters. The van der Waals surface area contributed by atoms with Crippen molar-refractivity contribution >= 4 is 0 Å². The highest BCUT2D eigenvalue weighted by atomic mass is 16.4. The molecule has 4 aromatic rings. The minimum absolute atomic E-state index is 0.348. The van der Waals surface area contributed by atoms with Crippen LogP contribution in [0.2, 0.25) is 0 Å². The topological polar surface area (TPSA) is 52.6 Å². The van der Waals surface area contributed by atoms with Crippen LogP contribution in [0.25, 0.3) is 0 Å². The first-order valence-corrected chi connectivity index (χ1v) is 14.6. The van der Waals surface area contributed by atoms with Crippen molar-refractivity contribution < 1.29 is 17.7 Å². The molecule has 204 valence electrons. The van der Waals surface area contributed by atoms with Gasteiger partial charge in [-0.05, 0) is 101 Å². The van der Waals surface area contributed by atoms with Gasteiger partial charge < -0.3 is 17.7 Å². The second kappa shape index (κ2) is 9.39. The van der Waals surface area contributed by atoms with E-state index in [0.717, 1.165) is 84.6 Å². The minimum atomic E-state index is -0.391. The van der Waals surface area contributed by atoms with Gasteiger partial charge in [0.2, 0.25) is 0 Å². The standard InChI is InChI=1S/C34H44O4/c1-9-31(7)23-15-19-27(35-23)33(11-3,12-4)29-21-17-25(37-29)32(8,10-2)26-18-22-30(38-26)34(13-5,14-6)28-20-16-24(31)36-28/h15-22H,9-14H2,1-8H3. The van der Waals surface area contributed by atoms with Gasteiger partial charge >= 0.3 is 0 Å². The summed E-state index contributed by atoms with van der Waals surface area (Å²) >= 11 is 0. The van der Waals surface area contributed by atoms with Crippen molar-refractivity contribution in [2.24, 2.45) is 0 Å². The van der Waals surface area contributed by atoms with Crippen molar-refractivity contribution in [1.29, 1.82) is 0 Å². The average molecular weight is 517 g/mol. The molecule has 5 rings (SSSR count). The van der Waals surface area contributed by atoms with Crippen molar-refractivity contribution in [3.05, 3.63) is 94.6 Å². The Morgan fingerprint density at radius 3 is 0.763 bits per heavy atom. The van der Waals surface area contributed by atoms with Gasteiger partial charge in [-0.1, -0.05) is 41.5 Å². The highest BCUT2D eigenvalue weighted by Gasteiger charge is 2.45. The molecule has 8 bridgehead atoms. The van der Waals surface area contributed by atoms with Crippen LogP contribution in [0, 0.1) is 0 Å². The highest BCUT2D eigenvalue weighted by Crippen LogP contribution is 2.49. The minimum Gasteiger partial charge on any atom is -0.464 e. The molecule has 0 saturated carbocycles. The fourth-order valence-electron chi connectivity index (χ4n) is 6.64. The van der Waals surface area contributed by atoms with E-state index >= 15 is 0 Å². The summed E-state index contributed by atoms with van der Waals surface area (Å²) in [5.41, 5.74) is -1.48. The Kier molecular flexibility index (Phi) is 6.60. The molecule has 0 N–H and O–H groups in total. The normalized spacial score (nSPS) is 24.0. The fourth-order valence-corrected chi connectivity index (χ4v) is 6.64. The van der Waals surface area contributed by atoms with Crippen molar-refractivity contribution in [3.8, 4) is 0 Å². The Balaban J connectivity index is 1.83. The van der Waals surface area contributed by atoms with E-state index in [9.17, 15) is 0 Å². The average Bonchev–Trinajstić information content (AvgIpc) is 3.77. The summed E-state index contributed by atoms with van der Waals surface area (Å²) < 4.78 is 27.2. The fraction of sp³-hybridized carbons (Fsp3) is 0.529. The van der Waals surface area contributed by atoms with Gasteiger partial charge in [0.05, 0.1) is 21.7 Å². The highest BCUT2D eigenvalue weighted by molar-refractivity contribution is 5.39. The zero-order valence-electron chi connectivity index (χ0n) is 24.5. The first-order valence-electron chi connectivity index (χ1n) is 14.6. The Labute approximate surface area is 227 Å². The van der Waals surface area contributed by atoms with Crippen molar-refractivity contribution in [3.63, 3.8) is 0 Å². The monoisotopic (exact) mass is 516 g/mol. The second-order valence-electron chi connectivity index (χ2n) is 11.6. The summed E-state index contributed by atoms with van der Waals surface area (Å²) in [4.78, 5) is 0. The smallest absolute Gasteiger partial charge is 0.117 e. The van der Waals surface area contributed by atoms with Gasteiger partial charge in [-0.3, -0.25) is 0 Å². The van der Waals surface area contributed by atoms with Crippen molar-refractivity contribution in [1.82, 2.24) is 0 Å². The Morgan fingerprint density at radius 1 is 0.368 bits per heavy atom. The van der Waals surface area contributed by atoms with E-state index in [2.05, 4.69) is 104 Å². The predicted octanol–water partition coefficient (Wildman–Crippen LogP) is 10.0. The van der Waals surface area contributed by atoms with Gasteiger partial charge in [-0.2, -0.15) is 0 Å². The maximum Gasteiger partial charge on any atom is 0.117 e. The number of fused-ring (bicyclic) bond motifs is 8. The van der Waals surface area contributed by atoms with Crippen molar-refractivity contribution in [2.75, 3.05) is 0 Å². The van der Waals surface area contributed by atoms with Gasteiger partial charge in [0, 0.05) is 0 Å². The van der Waals surface area contributed by atoms with Crippen LogP contribution >= 0.6 is 0 Å². The zero-order valence-corrected chi connectivity index (χ0v) is 24.5. The third-order valence-electron chi connectivity index (χ3n) is 10.3. The molecular formula is C34H44O4.